The van der Waals surface area contributed by atoms with Gasteiger partial charge in [-0.05, 0) is 36.4 Å². The summed E-state index contributed by atoms with van der Waals surface area (Å²) in [5.74, 6) is -7.86. The number of carbonyl (C=O) groups excluding carboxylic acids is 3. The fourth-order valence-corrected chi connectivity index (χ4v) is 6.51. The van der Waals surface area contributed by atoms with Crippen LogP contribution in [0.3, 0.4) is 0 Å². The van der Waals surface area contributed by atoms with Gasteiger partial charge in [0.15, 0.2) is 11.6 Å². The van der Waals surface area contributed by atoms with Crippen molar-refractivity contribution in [1.82, 2.24) is 24.3 Å². The topological polar surface area (TPSA) is 135 Å². The van der Waals surface area contributed by atoms with E-state index in [4.69, 9.17) is 11.3 Å². The first kappa shape index (κ1) is 30.8. The molecule has 48 heavy (non-hydrogen) atoms. The van der Waals surface area contributed by atoms with Crippen molar-refractivity contribution in [3.05, 3.63) is 87.4 Å². The second kappa shape index (κ2) is 11.1. The van der Waals surface area contributed by atoms with Crippen LogP contribution in [0.25, 0.3) is 15.9 Å². The largest absolute Gasteiger partial charge is 0.442 e. The quantitative estimate of drug-likeness (QED) is 0.234. The summed E-state index contributed by atoms with van der Waals surface area (Å²) in [6.07, 6.45) is -1.17. The lowest BCUT2D eigenvalue weighted by Crippen LogP contribution is -2.63. The first-order valence-corrected chi connectivity index (χ1v) is 15.0. The van der Waals surface area contributed by atoms with Gasteiger partial charge in [-0.25, -0.2) is 32.6 Å². The number of cyclic esters (lactones) is 1. The van der Waals surface area contributed by atoms with Crippen molar-refractivity contribution >= 4 is 52.0 Å². The van der Waals surface area contributed by atoms with Gasteiger partial charge in [0.1, 0.15) is 18.0 Å². The number of alkyl halides is 2. The van der Waals surface area contributed by atoms with Crippen molar-refractivity contribution < 1.29 is 32.3 Å². The number of aryl methyl sites for hydroxylation is 1. The van der Waals surface area contributed by atoms with Crippen molar-refractivity contribution in [2.24, 2.45) is 13.0 Å². The summed E-state index contributed by atoms with van der Waals surface area (Å²) >= 11 is 0. The molecule has 2 fully saturated rings. The number of piperidine rings is 1. The summed E-state index contributed by atoms with van der Waals surface area (Å²) in [5, 5.41) is 5.41. The minimum Gasteiger partial charge on any atom is -0.442 e. The Morgan fingerprint density at radius 1 is 1.06 bits per heavy atom. The maximum atomic E-state index is 15.7. The minimum atomic E-state index is -3.48. The highest BCUT2D eigenvalue weighted by atomic mass is 19.3. The summed E-state index contributed by atoms with van der Waals surface area (Å²) in [7, 11) is 1.59. The van der Waals surface area contributed by atoms with Crippen LogP contribution in [0.5, 0.6) is 0 Å². The molecule has 0 bridgehead atoms. The van der Waals surface area contributed by atoms with Gasteiger partial charge in [-0.1, -0.05) is 19.1 Å². The van der Waals surface area contributed by atoms with E-state index in [9.17, 15) is 19.2 Å². The van der Waals surface area contributed by atoms with Crippen LogP contribution in [0, 0.1) is 18.3 Å². The molecule has 2 saturated heterocycles. The van der Waals surface area contributed by atoms with E-state index in [1.807, 2.05) is 0 Å². The molecule has 2 N–H and O–H groups in total. The number of imide groups is 1. The van der Waals surface area contributed by atoms with Crippen molar-refractivity contribution in [1.29, 1.82) is 0 Å². The molecule has 0 aliphatic carbocycles. The molecule has 16 heteroatoms. The number of hydrogen-bond acceptors (Lipinski definition) is 8. The Morgan fingerprint density at radius 3 is 2.42 bits per heavy atom. The Hall–Kier alpha value is -5.85. The molecule has 246 valence electrons. The number of imidazole rings is 1. The zero-order valence-electron chi connectivity index (χ0n) is 25.5. The monoisotopic (exact) mass is 660 g/mol. The fraction of sp³-hybridized carbons (Fsp3) is 0.312. The molecule has 3 amide bonds. The van der Waals surface area contributed by atoms with Crippen LogP contribution >= 0.6 is 0 Å². The SMILES string of the molecule is [C-]#[N+]c1cc(F)c(Nc2ccc3c(c2)n(C[C@H]2CNC(=O)O2)c(=O)n3C)nc1N1C[C@@H](C)C(F)(F)[C@@H](N2C(=O)c3ccccc3C2=O)C1. The van der Waals surface area contributed by atoms with Gasteiger partial charge in [-0.3, -0.25) is 23.6 Å². The van der Waals surface area contributed by atoms with E-state index in [1.165, 1.54) is 33.1 Å². The minimum absolute atomic E-state index is 0.0260. The van der Waals surface area contributed by atoms with Crippen LogP contribution in [-0.4, -0.2) is 74.6 Å². The van der Waals surface area contributed by atoms with E-state index >= 15 is 13.2 Å². The Bertz CT molecular complexity index is 2110. The molecule has 3 aliphatic heterocycles. The molecule has 3 aliphatic rings. The van der Waals surface area contributed by atoms with Crippen LogP contribution in [0.15, 0.2) is 53.3 Å². The number of ether oxygens (including phenoxy) is 1. The smallest absolute Gasteiger partial charge is 0.407 e. The third kappa shape index (κ3) is 4.81. The van der Waals surface area contributed by atoms with E-state index < -0.39 is 54.3 Å². The Morgan fingerprint density at radius 2 is 1.77 bits per heavy atom. The van der Waals surface area contributed by atoms with Crippen molar-refractivity contribution in [2.45, 2.75) is 31.5 Å². The molecule has 13 nitrogen and oxygen atoms in total. The number of benzene rings is 2. The summed E-state index contributed by atoms with van der Waals surface area (Å²) in [6, 6.07) is 9.76. The Kier molecular flexibility index (Phi) is 7.15. The van der Waals surface area contributed by atoms with Crippen LogP contribution in [-0.2, 0) is 18.3 Å². The first-order valence-electron chi connectivity index (χ1n) is 15.0. The average molecular weight is 661 g/mol. The number of pyridine rings is 1. The number of anilines is 3. The summed E-state index contributed by atoms with van der Waals surface area (Å²) in [5.41, 5.74) is 0.785. The highest BCUT2D eigenvalue weighted by molar-refractivity contribution is 6.21. The van der Waals surface area contributed by atoms with Crippen LogP contribution in [0.4, 0.5) is 41.0 Å². The lowest BCUT2D eigenvalue weighted by molar-refractivity contribution is -0.111. The maximum Gasteiger partial charge on any atom is 0.407 e. The molecular formula is C32H27F3N8O5. The zero-order chi connectivity index (χ0) is 34.1. The number of alkyl carbamates (subject to hydrolysis) is 1. The third-order valence-corrected chi connectivity index (χ3v) is 9.02. The highest BCUT2D eigenvalue weighted by Crippen LogP contribution is 2.43. The number of halogens is 3. The molecule has 2 aromatic heterocycles. The van der Waals surface area contributed by atoms with E-state index in [0.717, 1.165) is 6.07 Å². The normalized spacial score (nSPS) is 21.7. The number of amides is 3. The fourth-order valence-electron chi connectivity index (χ4n) is 6.51. The maximum absolute atomic E-state index is 15.7. The molecule has 7 rings (SSSR count). The van der Waals surface area contributed by atoms with Crippen LogP contribution in [0.2, 0.25) is 0 Å². The molecule has 3 atom stereocenters. The number of aromatic nitrogens is 3. The second-order valence-corrected chi connectivity index (χ2v) is 12.0. The van der Waals surface area contributed by atoms with E-state index in [0.29, 0.717) is 21.6 Å². The second-order valence-electron chi connectivity index (χ2n) is 12.0. The molecule has 0 spiro atoms. The number of hydrogen-bond donors (Lipinski definition) is 2. The molecule has 2 aromatic carbocycles. The van der Waals surface area contributed by atoms with Gasteiger partial charge >= 0.3 is 11.8 Å². The molecule has 5 heterocycles. The lowest BCUT2D eigenvalue weighted by Gasteiger charge is -2.45. The predicted octanol–water partition coefficient (Wildman–Crippen LogP) is 4.03. The lowest BCUT2D eigenvalue weighted by atomic mass is 9.89. The molecule has 0 saturated carbocycles. The number of fused-ring (bicyclic) bond motifs is 2. The van der Waals surface area contributed by atoms with E-state index in [-0.39, 0.29) is 53.8 Å². The third-order valence-electron chi connectivity index (χ3n) is 9.02. The van der Waals surface area contributed by atoms with Gasteiger partial charge < -0.3 is 20.3 Å². The van der Waals surface area contributed by atoms with Gasteiger partial charge in [-0.15, -0.1) is 0 Å². The number of nitrogens with zero attached hydrogens (tertiary/aromatic N) is 6. The van der Waals surface area contributed by atoms with Gasteiger partial charge in [0.05, 0.1) is 41.8 Å². The molecule has 4 aromatic rings. The van der Waals surface area contributed by atoms with Gasteiger partial charge in [0.2, 0.25) is 5.69 Å². The van der Waals surface area contributed by atoms with Gasteiger partial charge in [-0.2, -0.15) is 0 Å². The Labute approximate surface area is 270 Å². The van der Waals surface area contributed by atoms with E-state index in [2.05, 4.69) is 20.5 Å². The van der Waals surface area contributed by atoms with Crippen molar-refractivity contribution in [3.63, 3.8) is 0 Å². The predicted molar refractivity (Wildman–Crippen MR) is 166 cm³/mol. The van der Waals surface area contributed by atoms with Crippen LogP contribution < -0.4 is 21.2 Å². The van der Waals surface area contributed by atoms with Crippen molar-refractivity contribution in [2.75, 3.05) is 29.9 Å². The number of rotatable bonds is 6. The van der Waals surface area contributed by atoms with Crippen molar-refractivity contribution in [3.8, 4) is 0 Å². The number of nitrogens with one attached hydrogen (secondary N) is 2. The molecule has 0 unspecified atom stereocenters. The molecular weight excluding hydrogens is 633 g/mol. The average Bonchev–Trinajstić information content (AvgIpc) is 3.67. The van der Waals surface area contributed by atoms with Gasteiger partial charge in [0, 0.05) is 31.7 Å². The molecule has 0 radical (unpaired) electrons. The first-order chi connectivity index (χ1) is 22.9. The van der Waals surface area contributed by atoms with E-state index in [1.54, 1.807) is 37.4 Å². The summed E-state index contributed by atoms with van der Waals surface area (Å²) in [6.45, 7) is 8.38. The van der Waals surface area contributed by atoms with Crippen LogP contribution in [0.1, 0.15) is 27.6 Å². The summed E-state index contributed by atoms with van der Waals surface area (Å²) in [4.78, 5) is 60.6. The van der Waals surface area contributed by atoms with Gasteiger partial charge in [0.25, 0.3) is 17.7 Å². The number of carbonyl (C=O) groups is 3. The Balaban J connectivity index is 1.22. The highest BCUT2D eigenvalue weighted by Gasteiger charge is 2.57. The zero-order valence-corrected chi connectivity index (χ0v) is 25.5. The summed E-state index contributed by atoms with van der Waals surface area (Å²) < 4.78 is 54.9. The standard InChI is InChI=1S/C32H27F3N8O5/c1-16-13-41(15-25(32(16,34)35)43-28(44)19-6-4-5-7-20(19)29(43)45)27-22(36-2)11-21(33)26(39-27)38-17-8-9-23-24(10-17)42(31(47)40(23)3)14-18-12-37-30(46)48-18/h4-11,16,18,25H,12-15H2,1,3H3,(H,37,46)(H,38,39)/t16-,18-,25+/m1/s1.